The molecule has 0 saturated carbocycles. The maximum absolute atomic E-state index is 13.4. The lowest BCUT2D eigenvalue weighted by Gasteiger charge is -2.37. The van der Waals surface area contributed by atoms with Crippen LogP contribution in [0.15, 0.2) is 41.8 Å². The number of benzene rings is 1. The zero-order chi connectivity index (χ0) is 19.0. The molecule has 2 aromatic rings. The van der Waals surface area contributed by atoms with Gasteiger partial charge in [0.15, 0.2) is 0 Å². The van der Waals surface area contributed by atoms with Crippen LogP contribution in [-0.4, -0.2) is 41.2 Å². The van der Waals surface area contributed by atoms with Gasteiger partial charge in [-0.25, -0.2) is 0 Å². The van der Waals surface area contributed by atoms with Crippen molar-refractivity contribution in [3.8, 4) is 0 Å². The van der Waals surface area contributed by atoms with E-state index in [1.807, 2.05) is 28.0 Å². The van der Waals surface area contributed by atoms with E-state index in [0.717, 1.165) is 25.1 Å². The minimum absolute atomic E-state index is 0.0389. The van der Waals surface area contributed by atoms with Crippen molar-refractivity contribution in [3.05, 3.63) is 57.8 Å². The van der Waals surface area contributed by atoms with Crippen molar-refractivity contribution >= 4 is 23.2 Å². The molecule has 4 nitrogen and oxygen atoms in total. The zero-order valence-corrected chi connectivity index (χ0v) is 16.7. The van der Waals surface area contributed by atoms with E-state index in [-0.39, 0.29) is 23.8 Å². The molecule has 0 bridgehead atoms. The number of likely N-dealkylation sites (tertiary alicyclic amines) is 1. The summed E-state index contributed by atoms with van der Waals surface area (Å²) in [5.41, 5.74) is 2.39. The molecule has 0 unspecified atom stereocenters. The SMILES string of the molecule is CC(C)CN1C[C@@H](C(=O)N2CCc3sccc3[C@@H]2c2ccccc2)CC1=O. The van der Waals surface area contributed by atoms with Gasteiger partial charge in [-0.1, -0.05) is 44.2 Å². The average Bonchev–Trinajstić information content (AvgIpc) is 3.27. The number of carbonyl (C=O) groups is 2. The molecule has 1 aromatic heterocycles. The van der Waals surface area contributed by atoms with Crippen molar-refractivity contribution in [2.75, 3.05) is 19.6 Å². The Hall–Kier alpha value is -2.14. The van der Waals surface area contributed by atoms with E-state index in [1.54, 1.807) is 11.3 Å². The van der Waals surface area contributed by atoms with Gasteiger partial charge in [-0.05, 0) is 34.9 Å². The van der Waals surface area contributed by atoms with Crippen molar-refractivity contribution in [1.82, 2.24) is 9.80 Å². The van der Waals surface area contributed by atoms with Gasteiger partial charge >= 0.3 is 0 Å². The number of thiophene rings is 1. The second kappa shape index (κ2) is 7.47. The lowest BCUT2D eigenvalue weighted by atomic mass is 9.91. The largest absolute Gasteiger partial charge is 0.342 e. The summed E-state index contributed by atoms with van der Waals surface area (Å²) in [4.78, 5) is 31.1. The van der Waals surface area contributed by atoms with Gasteiger partial charge in [0.25, 0.3) is 0 Å². The molecule has 2 aliphatic rings. The summed E-state index contributed by atoms with van der Waals surface area (Å²) in [5.74, 6) is 0.442. The Morgan fingerprint density at radius 2 is 2.00 bits per heavy atom. The number of nitrogens with zero attached hydrogens (tertiary/aromatic N) is 2. The predicted molar refractivity (Wildman–Crippen MR) is 108 cm³/mol. The molecule has 3 heterocycles. The highest BCUT2D eigenvalue weighted by atomic mass is 32.1. The second-order valence-corrected chi connectivity index (χ2v) is 8.99. The first-order chi connectivity index (χ1) is 13.0. The van der Waals surface area contributed by atoms with E-state index in [9.17, 15) is 9.59 Å². The summed E-state index contributed by atoms with van der Waals surface area (Å²) in [6.07, 6.45) is 1.25. The van der Waals surface area contributed by atoms with Crippen molar-refractivity contribution in [1.29, 1.82) is 0 Å². The van der Waals surface area contributed by atoms with E-state index in [1.165, 1.54) is 10.4 Å². The van der Waals surface area contributed by atoms with Crippen LogP contribution < -0.4 is 0 Å². The number of rotatable bonds is 4. The van der Waals surface area contributed by atoms with Crippen molar-refractivity contribution in [3.63, 3.8) is 0 Å². The van der Waals surface area contributed by atoms with Crippen LogP contribution in [0.5, 0.6) is 0 Å². The lowest BCUT2D eigenvalue weighted by molar-refractivity contribution is -0.137. The zero-order valence-electron chi connectivity index (χ0n) is 15.9. The summed E-state index contributed by atoms with van der Waals surface area (Å²) in [5, 5.41) is 2.12. The van der Waals surface area contributed by atoms with E-state index in [0.29, 0.717) is 18.9 Å². The highest BCUT2D eigenvalue weighted by molar-refractivity contribution is 7.10. The van der Waals surface area contributed by atoms with E-state index in [2.05, 4.69) is 37.4 Å². The Morgan fingerprint density at radius 1 is 1.22 bits per heavy atom. The van der Waals surface area contributed by atoms with Crippen molar-refractivity contribution < 1.29 is 9.59 Å². The number of amides is 2. The van der Waals surface area contributed by atoms with Gasteiger partial charge in [0.1, 0.15) is 0 Å². The minimum atomic E-state index is -0.220. The summed E-state index contributed by atoms with van der Waals surface area (Å²) >= 11 is 1.78. The Morgan fingerprint density at radius 3 is 2.74 bits per heavy atom. The van der Waals surface area contributed by atoms with Gasteiger partial charge in [0.05, 0.1) is 12.0 Å². The van der Waals surface area contributed by atoms with E-state index in [4.69, 9.17) is 0 Å². The smallest absolute Gasteiger partial charge is 0.228 e. The summed E-state index contributed by atoms with van der Waals surface area (Å²) in [6, 6.07) is 12.4. The third-order valence-electron chi connectivity index (χ3n) is 5.51. The molecule has 1 fully saturated rings. The molecule has 2 amide bonds. The third kappa shape index (κ3) is 3.53. The first kappa shape index (κ1) is 18.2. The van der Waals surface area contributed by atoms with Crippen LogP contribution in [0.4, 0.5) is 0 Å². The molecule has 0 N–H and O–H groups in total. The molecule has 27 heavy (non-hydrogen) atoms. The topological polar surface area (TPSA) is 40.6 Å². The maximum Gasteiger partial charge on any atom is 0.228 e. The van der Waals surface area contributed by atoms with Crippen LogP contribution in [0.25, 0.3) is 0 Å². The molecular formula is C22H26N2O2S. The minimum Gasteiger partial charge on any atom is -0.342 e. The van der Waals surface area contributed by atoms with E-state index < -0.39 is 0 Å². The molecule has 142 valence electrons. The molecule has 2 atom stereocenters. The monoisotopic (exact) mass is 382 g/mol. The Balaban J connectivity index is 1.60. The number of carbonyl (C=O) groups excluding carboxylic acids is 2. The quantitative estimate of drug-likeness (QED) is 0.808. The Labute approximate surface area is 164 Å². The molecular weight excluding hydrogens is 356 g/mol. The fourth-order valence-corrected chi connectivity index (χ4v) is 5.24. The Kier molecular flexibility index (Phi) is 5.04. The van der Waals surface area contributed by atoms with Crippen molar-refractivity contribution in [2.45, 2.75) is 32.7 Å². The fraction of sp³-hybridized carbons (Fsp3) is 0.455. The van der Waals surface area contributed by atoms with Crippen LogP contribution in [-0.2, 0) is 16.0 Å². The van der Waals surface area contributed by atoms with Crippen LogP contribution >= 0.6 is 11.3 Å². The number of fused-ring (bicyclic) bond motifs is 1. The van der Waals surface area contributed by atoms with Crippen molar-refractivity contribution in [2.24, 2.45) is 11.8 Å². The third-order valence-corrected chi connectivity index (χ3v) is 6.51. The molecule has 1 aromatic carbocycles. The predicted octanol–water partition coefficient (Wildman–Crippen LogP) is 3.73. The molecule has 4 rings (SSSR count). The molecule has 5 heteroatoms. The highest BCUT2D eigenvalue weighted by Crippen LogP contribution is 2.39. The molecule has 0 spiro atoms. The molecule has 0 radical (unpaired) electrons. The normalized spacial score (nSPS) is 22.4. The van der Waals surface area contributed by atoms with Gasteiger partial charge < -0.3 is 9.80 Å². The molecule has 1 saturated heterocycles. The average molecular weight is 383 g/mol. The first-order valence-corrected chi connectivity index (χ1v) is 10.6. The first-order valence-electron chi connectivity index (χ1n) is 9.74. The number of hydrogen-bond donors (Lipinski definition) is 0. The number of hydrogen-bond acceptors (Lipinski definition) is 3. The summed E-state index contributed by atoms with van der Waals surface area (Å²) < 4.78 is 0. The van der Waals surface area contributed by atoms with Crippen LogP contribution in [0.3, 0.4) is 0 Å². The maximum atomic E-state index is 13.4. The second-order valence-electron chi connectivity index (χ2n) is 7.99. The standard InChI is InChI=1S/C22H26N2O2S/c1-15(2)13-23-14-17(12-20(23)25)22(26)24-10-8-19-18(9-11-27-19)21(24)16-6-4-3-5-7-16/h3-7,9,11,15,17,21H,8,10,12-14H2,1-2H3/t17-,21-/m0/s1. The summed E-state index contributed by atoms with van der Waals surface area (Å²) in [6.45, 7) is 6.23. The van der Waals surface area contributed by atoms with Crippen LogP contribution in [0.1, 0.15) is 42.3 Å². The van der Waals surface area contributed by atoms with E-state index >= 15 is 0 Å². The molecule has 0 aliphatic carbocycles. The van der Waals surface area contributed by atoms with Crippen LogP contribution in [0, 0.1) is 11.8 Å². The molecule has 2 aliphatic heterocycles. The van der Waals surface area contributed by atoms with Gasteiger partial charge in [-0.15, -0.1) is 11.3 Å². The van der Waals surface area contributed by atoms with Crippen LogP contribution in [0.2, 0.25) is 0 Å². The van der Waals surface area contributed by atoms with Gasteiger partial charge in [0, 0.05) is 30.9 Å². The lowest BCUT2D eigenvalue weighted by Crippen LogP contribution is -2.44. The summed E-state index contributed by atoms with van der Waals surface area (Å²) in [7, 11) is 0. The Bertz CT molecular complexity index is 830. The highest BCUT2D eigenvalue weighted by Gasteiger charge is 2.40. The van der Waals surface area contributed by atoms with Gasteiger partial charge in [0.2, 0.25) is 11.8 Å². The van der Waals surface area contributed by atoms with Gasteiger partial charge in [-0.2, -0.15) is 0 Å². The van der Waals surface area contributed by atoms with Gasteiger partial charge in [-0.3, -0.25) is 9.59 Å². The fourth-order valence-electron chi connectivity index (χ4n) is 4.34.